The second-order valence-corrected chi connectivity index (χ2v) is 8.42. The van der Waals surface area contributed by atoms with Crippen molar-refractivity contribution in [3.05, 3.63) is 35.9 Å². The van der Waals surface area contributed by atoms with Crippen LogP contribution in [0.3, 0.4) is 0 Å². The quantitative estimate of drug-likeness (QED) is 0.926. The summed E-state index contributed by atoms with van der Waals surface area (Å²) in [4.78, 5) is 17.0. The minimum Gasteiger partial charge on any atom is -0.335 e. The van der Waals surface area contributed by atoms with E-state index in [1.807, 2.05) is 4.90 Å². The van der Waals surface area contributed by atoms with Crippen LogP contribution in [0.5, 0.6) is 0 Å². The molecule has 1 aromatic carbocycles. The van der Waals surface area contributed by atoms with Crippen molar-refractivity contribution in [2.45, 2.75) is 39.3 Å². The minimum atomic E-state index is 0.166. The number of hydrogen-bond donors (Lipinski definition) is 1. The third-order valence-corrected chi connectivity index (χ3v) is 6.57. The van der Waals surface area contributed by atoms with Gasteiger partial charge >= 0.3 is 6.03 Å². The lowest BCUT2D eigenvalue weighted by atomic mass is 10.0. The zero-order valence-corrected chi connectivity index (χ0v) is 14.9. The molecule has 2 heterocycles. The maximum Gasteiger partial charge on any atom is 0.317 e. The molecule has 0 spiro atoms. The fraction of sp³-hybridized carbons (Fsp3) is 0.650. The van der Waals surface area contributed by atoms with Crippen molar-refractivity contribution < 1.29 is 4.79 Å². The first kappa shape index (κ1) is 15.9. The molecule has 130 valence electrons. The molecule has 2 atom stereocenters. The molecular formula is C20H29N3O. The van der Waals surface area contributed by atoms with Gasteiger partial charge in [-0.3, -0.25) is 4.90 Å². The standard InChI is InChI=1S/C20H29N3O/c1-20(2)17-13-23(14-18(17)20)19(24)21-16-8-10-22(11-9-16)12-15-6-4-3-5-7-15/h3-7,16-18H,8-14H2,1-2H3,(H,21,24). The number of benzene rings is 1. The molecule has 4 rings (SSSR count). The highest BCUT2D eigenvalue weighted by molar-refractivity contribution is 5.75. The Kier molecular flexibility index (Phi) is 4.03. The number of amides is 2. The maximum atomic E-state index is 12.5. The molecule has 1 aromatic rings. The molecule has 0 bridgehead atoms. The molecule has 24 heavy (non-hydrogen) atoms. The zero-order chi connectivity index (χ0) is 16.7. The van der Waals surface area contributed by atoms with Crippen LogP contribution in [-0.4, -0.2) is 48.1 Å². The van der Waals surface area contributed by atoms with Crippen molar-refractivity contribution >= 4 is 6.03 Å². The number of carbonyl (C=O) groups excluding carboxylic acids is 1. The fourth-order valence-corrected chi connectivity index (χ4v) is 4.64. The number of likely N-dealkylation sites (tertiary alicyclic amines) is 2. The van der Waals surface area contributed by atoms with Crippen LogP contribution >= 0.6 is 0 Å². The minimum absolute atomic E-state index is 0.166. The van der Waals surface area contributed by atoms with E-state index < -0.39 is 0 Å². The summed E-state index contributed by atoms with van der Waals surface area (Å²) in [5.41, 5.74) is 1.85. The molecule has 4 nitrogen and oxygen atoms in total. The lowest BCUT2D eigenvalue weighted by molar-refractivity contribution is 0.168. The second kappa shape index (κ2) is 6.07. The van der Waals surface area contributed by atoms with Gasteiger partial charge in [0.15, 0.2) is 0 Å². The molecule has 4 heteroatoms. The van der Waals surface area contributed by atoms with Crippen LogP contribution < -0.4 is 5.32 Å². The Labute approximate surface area is 145 Å². The fourth-order valence-electron chi connectivity index (χ4n) is 4.64. The van der Waals surface area contributed by atoms with E-state index in [1.54, 1.807) is 0 Å². The van der Waals surface area contributed by atoms with E-state index in [0.717, 1.165) is 57.4 Å². The van der Waals surface area contributed by atoms with E-state index >= 15 is 0 Å². The molecule has 2 saturated heterocycles. The highest BCUT2D eigenvalue weighted by atomic mass is 16.2. The van der Waals surface area contributed by atoms with Crippen LogP contribution in [0, 0.1) is 17.3 Å². The molecule has 1 saturated carbocycles. The van der Waals surface area contributed by atoms with Gasteiger partial charge in [-0.25, -0.2) is 4.79 Å². The third-order valence-electron chi connectivity index (χ3n) is 6.57. The molecule has 3 aliphatic rings. The summed E-state index contributed by atoms with van der Waals surface area (Å²) < 4.78 is 0. The number of hydrogen-bond acceptors (Lipinski definition) is 2. The first-order chi connectivity index (χ1) is 11.5. The molecule has 2 aliphatic heterocycles. The molecule has 0 aromatic heterocycles. The van der Waals surface area contributed by atoms with Crippen LogP contribution in [0.4, 0.5) is 4.79 Å². The van der Waals surface area contributed by atoms with E-state index in [-0.39, 0.29) is 6.03 Å². The van der Waals surface area contributed by atoms with E-state index in [2.05, 4.69) is 54.4 Å². The van der Waals surface area contributed by atoms with Crippen molar-refractivity contribution in [2.75, 3.05) is 26.2 Å². The highest BCUT2D eigenvalue weighted by Crippen LogP contribution is 2.61. The Morgan fingerprint density at radius 2 is 1.75 bits per heavy atom. The Bertz CT molecular complexity index is 578. The third kappa shape index (κ3) is 3.04. The lowest BCUT2D eigenvalue weighted by Gasteiger charge is -2.33. The van der Waals surface area contributed by atoms with Gasteiger partial charge in [-0.05, 0) is 35.7 Å². The first-order valence-corrected chi connectivity index (χ1v) is 9.36. The number of piperidine rings is 2. The van der Waals surface area contributed by atoms with Crippen LogP contribution in [-0.2, 0) is 6.54 Å². The Morgan fingerprint density at radius 3 is 2.38 bits per heavy atom. The molecule has 0 radical (unpaired) electrons. The average Bonchev–Trinajstić information content (AvgIpc) is 2.93. The summed E-state index contributed by atoms with van der Waals surface area (Å²) in [6.45, 7) is 9.73. The van der Waals surface area contributed by atoms with E-state index in [9.17, 15) is 4.79 Å². The van der Waals surface area contributed by atoms with Gasteiger partial charge in [0, 0.05) is 38.8 Å². The van der Waals surface area contributed by atoms with Gasteiger partial charge in [-0.2, -0.15) is 0 Å². The zero-order valence-electron chi connectivity index (χ0n) is 14.9. The van der Waals surface area contributed by atoms with Crippen molar-refractivity contribution in [1.29, 1.82) is 0 Å². The largest absolute Gasteiger partial charge is 0.335 e. The smallest absolute Gasteiger partial charge is 0.317 e. The summed E-state index contributed by atoms with van der Waals surface area (Å²) in [6.07, 6.45) is 2.12. The maximum absolute atomic E-state index is 12.5. The molecule has 2 unspecified atom stereocenters. The van der Waals surface area contributed by atoms with Gasteiger partial charge in [0.25, 0.3) is 0 Å². The molecular weight excluding hydrogens is 298 g/mol. The monoisotopic (exact) mass is 327 g/mol. The summed E-state index contributed by atoms with van der Waals surface area (Å²) in [5.74, 6) is 1.46. The number of urea groups is 1. The average molecular weight is 327 g/mol. The van der Waals surface area contributed by atoms with Gasteiger partial charge in [-0.1, -0.05) is 44.2 Å². The second-order valence-electron chi connectivity index (χ2n) is 8.42. The van der Waals surface area contributed by atoms with Crippen molar-refractivity contribution in [3.63, 3.8) is 0 Å². The van der Waals surface area contributed by atoms with Gasteiger partial charge < -0.3 is 10.2 Å². The summed E-state index contributed by atoms with van der Waals surface area (Å²) in [5, 5.41) is 3.27. The van der Waals surface area contributed by atoms with Crippen molar-refractivity contribution in [3.8, 4) is 0 Å². The predicted octanol–water partition coefficient (Wildman–Crippen LogP) is 2.95. The summed E-state index contributed by atoms with van der Waals surface area (Å²) >= 11 is 0. The highest BCUT2D eigenvalue weighted by Gasteiger charge is 2.62. The van der Waals surface area contributed by atoms with Gasteiger partial charge in [0.2, 0.25) is 0 Å². The van der Waals surface area contributed by atoms with Crippen LogP contribution in [0.2, 0.25) is 0 Å². The number of nitrogens with zero attached hydrogens (tertiary/aromatic N) is 2. The lowest BCUT2D eigenvalue weighted by Crippen LogP contribution is -2.49. The Morgan fingerprint density at radius 1 is 1.12 bits per heavy atom. The molecule has 3 fully saturated rings. The molecule has 1 N–H and O–H groups in total. The van der Waals surface area contributed by atoms with Crippen LogP contribution in [0.25, 0.3) is 0 Å². The molecule has 2 amide bonds. The first-order valence-electron chi connectivity index (χ1n) is 9.36. The topological polar surface area (TPSA) is 35.6 Å². The predicted molar refractivity (Wildman–Crippen MR) is 95.6 cm³/mol. The number of nitrogens with one attached hydrogen (secondary N) is 1. The Hall–Kier alpha value is -1.55. The molecule has 1 aliphatic carbocycles. The van der Waals surface area contributed by atoms with E-state index in [4.69, 9.17) is 0 Å². The van der Waals surface area contributed by atoms with E-state index in [1.165, 1.54) is 5.56 Å². The van der Waals surface area contributed by atoms with Crippen molar-refractivity contribution in [2.24, 2.45) is 17.3 Å². The number of rotatable bonds is 3. The van der Waals surface area contributed by atoms with E-state index in [0.29, 0.717) is 11.5 Å². The Balaban J connectivity index is 1.20. The van der Waals surface area contributed by atoms with Crippen LogP contribution in [0.1, 0.15) is 32.3 Å². The number of carbonyl (C=O) groups is 1. The number of fused-ring (bicyclic) bond motifs is 1. The normalized spacial score (nSPS) is 29.3. The van der Waals surface area contributed by atoms with Gasteiger partial charge in [0.05, 0.1) is 0 Å². The van der Waals surface area contributed by atoms with Gasteiger partial charge in [-0.15, -0.1) is 0 Å². The van der Waals surface area contributed by atoms with Crippen LogP contribution in [0.15, 0.2) is 30.3 Å². The van der Waals surface area contributed by atoms with Crippen molar-refractivity contribution in [1.82, 2.24) is 15.1 Å². The summed E-state index contributed by atoms with van der Waals surface area (Å²) in [7, 11) is 0. The SMILES string of the molecule is CC1(C)C2CN(C(=O)NC3CCN(Cc4ccccc4)CC3)CC21. The summed E-state index contributed by atoms with van der Waals surface area (Å²) in [6, 6.07) is 11.2. The van der Waals surface area contributed by atoms with Gasteiger partial charge in [0.1, 0.15) is 0 Å².